The molecular formula is C34H30BrClN2O6S. The average Bonchev–Trinajstić information content (AvgIpc) is 3.33. The van der Waals surface area contributed by atoms with Gasteiger partial charge in [0.1, 0.15) is 19.0 Å². The lowest BCUT2D eigenvalue weighted by Gasteiger charge is -2.24. The number of aromatic nitrogens is 1. The molecule has 0 aliphatic carbocycles. The standard InChI is InChI=1S/C34H30BrClN2O6S/c1-5-15-43-25-13-9-23(10-14-25)30-29(33(40)42-6-2)20(3)37-34-38(30)32(39)28(45-34)18-22-16-26(35)31(27(17-22)41-4)44-19-21-7-11-24(36)12-8-21/h5,7-14,16-18,30H,1,6,15,19H2,2-4H3/b28-18-/t30-/m0/s1. The molecule has 1 aliphatic rings. The predicted octanol–water partition coefficient (Wildman–Crippen LogP) is 6.37. The highest BCUT2D eigenvalue weighted by atomic mass is 79.9. The van der Waals surface area contributed by atoms with E-state index in [9.17, 15) is 9.59 Å². The van der Waals surface area contributed by atoms with Gasteiger partial charge in [-0.3, -0.25) is 9.36 Å². The number of carbonyl (C=O) groups is 1. The summed E-state index contributed by atoms with van der Waals surface area (Å²) >= 11 is 10.8. The Morgan fingerprint density at radius 2 is 1.87 bits per heavy atom. The maximum Gasteiger partial charge on any atom is 0.338 e. The third-order valence-corrected chi connectivity index (χ3v) is 8.75. The lowest BCUT2D eigenvalue weighted by Crippen LogP contribution is -2.39. The van der Waals surface area contributed by atoms with E-state index >= 15 is 0 Å². The van der Waals surface area contributed by atoms with Crippen molar-refractivity contribution in [3.05, 3.63) is 130 Å². The number of carbonyl (C=O) groups excluding carboxylic acids is 1. The van der Waals surface area contributed by atoms with Crippen LogP contribution in [-0.4, -0.2) is 30.9 Å². The molecule has 0 amide bonds. The van der Waals surface area contributed by atoms with Crippen LogP contribution in [0, 0.1) is 0 Å². The quantitative estimate of drug-likeness (QED) is 0.133. The van der Waals surface area contributed by atoms with Crippen molar-refractivity contribution < 1.29 is 23.7 Å². The molecule has 0 unspecified atom stereocenters. The molecule has 0 N–H and O–H groups in total. The lowest BCUT2D eigenvalue weighted by molar-refractivity contribution is -0.139. The fraction of sp³-hybridized carbons (Fsp3) is 0.206. The van der Waals surface area contributed by atoms with E-state index in [1.807, 2.05) is 30.3 Å². The fourth-order valence-electron chi connectivity index (χ4n) is 4.86. The van der Waals surface area contributed by atoms with Crippen molar-refractivity contribution in [2.75, 3.05) is 20.3 Å². The molecule has 0 saturated heterocycles. The van der Waals surface area contributed by atoms with Crippen LogP contribution in [0.25, 0.3) is 6.08 Å². The van der Waals surface area contributed by atoms with Crippen molar-refractivity contribution in [3.63, 3.8) is 0 Å². The molecule has 4 aromatic rings. The van der Waals surface area contributed by atoms with E-state index in [1.54, 1.807) is 68.0 Å². The lowest BCUT2D eigenvalue weighted by atomic mass is 9.96. The average molecular weight is 710 g/mol. The molecule has 45 heavy (non-hydrogen) atoms. The minimum absolute atomic E-state index is 0.192. The number of halogens is 2. The third-order valence-electron chi connectivity index (χ3n) is 6.93. The summed E-state index contributed by atoms with van der Waals surface area (Å²) in [6.45, 7) is 8.03. The van der Waals surface area contributed by atoms with E-state index in [0.29, 0.717) is 66.1 Å². The second kappa shape index (κ2) is 14.3. The van der Waals surface area contributed by atoms with E-state index in [4.69, 9.17) is 30.5 Å². The van der Waals surface area contributed by atoms with Gasteiger partial charge in [-0.1, -0.05) is 59.9 Å². The molecule has 2 heterocycles. The first-order valence-electron chi connectivity index (χ1n) is 14.0. The number of hydrogen-bond donors (Lipinski definition) is 0. The van der Waals surface area contributed by atoms with Gasteiger partial charge in [0, 0.05) is 5.02 Å². The highest BCUT2D eigenvalue weighted by Gasteiger charge is 2.33. The van der Waals surface area contributed by atoms with Gasteiger partial charge < -0.3 is 18.9 Å². The summed E-state index contributed by atoms with van der Waals surface area (Å²) in [5, 5.41) is 0.650. The Bertz CT molecular complexity index is 1950. The van der Waals surface area contributed by atoms with Crippen molar-refractivity contribution in [1.82, 2.24) is 4.57 Å². The molecule has 1 aromatic heterocycles. The zero-order valence-corrected chi connectivity index (χ0v) is 28.0. The first-order chi connectivity index (χ1) is 21.7. The molecule has 0 fully saturated rings. The summed E-state index contributed by atoms with van der Waals surface area (Å²) in [7, 11) is 1.56. The van der Waals surface area contributed by atoms with Crippen molar-refractivity contribution in [2.24, 2.45) is 4.99 Å². The summed E-state index contributed by atoms with van der Waals surface area (Å²) < 4.78 is 25.4. The van der Waals surface area contributed by atoms with E-state index in [0.717, 1.165) is 11.1 Å². The molecular weight excluding hydrogens is 680 g/mol. The second-order valence-electron chi connectivity index (χ2n) is 9.92. The number of benzene rings is 3. The Kier molecular flexibility index (Phi) is 10.3. The number of hydrogen-bond acceptors (Lipinski definition) is 8. The molecule has 0 radical (unpaired) electrons. The summed E-state index contributed by atoms with van der Waals surface area (Å²) in [5.74, 6) is 1.15. The highest BCUT2D eigenvalue weighted by molar-refractivity contribution is 9.10. The van der Waals surface area contributed by atoms with Gasteiger partial charge in [-0.05, 0) is 88.9 Å². The maximum atomic E-state index is 14.0. The third kappa shape index (κ3) is 7.08. The monoisotopic (exact) mass is 708 g/mol. The Hall–Kier alpha value is -4.12. The van der Waals surface area contributed by atoms with Gasteiger partial charge >= 0.3 is 5.97 Å². The number of fused-ring (bicyclic) bond motifs is 1. The first kappa shape index (κ1) is 32.3. The minimum atomic E-state index is -0.735. The van der Waals surface area contributed by atoms with Crippen LogP contribution in [0.4, 0.5) is 0 Å². The van der Waals surface area contributed by atoms with Gasteiger partial charge in [-0.2, -0.15) is 0 Å². The predicted molar refractivity (Wildman–Crippen MR) is 179 cm³/mol. The minimum Gasteiger partial charge on any atom is -0.493 e. The summed E-state index contributed by atoms with van der Waals surface area (Å²) in [4.78, 5) is 32.3. The van der Waals surface area contributed by atoms with Gasteiger partial charge in [0.15, 0.2) is 16.3 Å². The van der Waals surface area contributed by atoms with Crippen LogP contribution < -0.4 is 29.1 Å². The van der Waals surface area contributed by atoms with Crippen LogP contribution >= 0.6 is 38.9 Å². The molecule has 0 spiro atoms. The van der Waals surface area contributed by atoms with Crippen molar-refractivity contribution in [1.29, 1.82) is 0 Å². The second-order valence-corrected chi connectivity index (χ2v) is 12.2. The zero-order chi connectivity index (χ0) is 32.1. The fourth-order valence-corrected chi connectivity index (χ4v) is 6.61. The smallest absolute Gasteiger partial charge is 0.338 e. The van der Waals surface area contributed by atoms with Crippen molar-refractivity contribution in [2.45, 2.75) is 26.5 Å². The van der Waals surface area contributed by atoms with E-state index in [2.05, 4.69) is 27.5 Å². The molecule has 8 nitrogen and oxygen atoms in total. The number of ether oxygens (including phenoxy) is 4. The van der Waals surface area contributed by atoms with Gasteiger partial charge in [0.25, 0.3) is 5.56 Å². The Balaban J connectivity index is 1.55. The number of rotatable bonds is 11. The van der Waals surface area contributed by atoms with Crippen LogP contribution in [0.3, 0.4) is 0 Å². The SMILES string of the molecule is C=CCOc1ccc([C@H]2C(C(=O)OCC)=C(C)N=c3s/c(=C\c4cc(Br)c(OCc5ccc(Cl)cc5)c(OC)c4)c(=O)n32)cc1. The summed E-state index contributed by atoms with van der Waals surface area (Å²) in [6.07, 6.45) is 3.43. The van der Waals surface area contributed by atoms with E-state index < -0.39 is 12.0 Å². The van der Waals surface area contributed by atoms with Gasteiger partial charge in [-0.25, -0.2) is 9.79 Å². The summed E-state index contributed by atoms with van der Waals surface area (Å²) in [5.41, 5.74) is 2.89. The number of nitrogens with zero attached hydrogens (tertiary/aromatic N) is 2. The molecule has 1 aliphatic heterocycles. The molecule has 0 bridgehead atoms. The Morgan fingerprint density at radius 1 is 1.13 bits per heavy atom. The van der Waals surface area contributed by atoms with Crippen molar-refractivity contribution in [3.8, 4) is 17.2 Å². The maximum absolute atomic E-state index is 14.0. The number of esters is 1. The Labute approximate surface area is 277 Å². The van der Waals surface area contributed by atoms with E-state index in [-0.39, 0.29) is 12.2 Å². The van der Waals surface area contributed by atoms with Gasteiger partial charge in [0.2, 0.25) is 0 Å². The largest absolute Gasteiger partial charge is 0.493 e. The van der Waals surface area contributed by atoms with E-state index in [1.165, 1.54) is 11.3 Å². The summed E-state index contributed by atoms with van der Waals surface area (Å²) in [6, 6.07) is 17.6. The number of allylic oxidation sites excluding steroid dienone is 1. The zero-order valence-electron chi connectivity index (χ0n) is 24.8. The molecule has 5 rings (SSSR count). The number of methoxy groups -OCH3 is 1. The van der Waals surface area contributed by atoms with Crippen LogP contribution in [0.15, 0.2) is 98.8 Å². The first-order valence-corrected chi connectivity index (χ1v) is 16.0. The molecule has 11 heteroatoms. The topological polar surface area (TPSA) is 88.4 Å². The molecule has 3 aromatic carbocycles. The van der Waals surface area contributed by atoms with Crippen LogP contribution in [0.2, 0.25) is 5.02 Å². The van der Waals surface area contributed by atoms with Crippen LogP contribution in [0.5, 0.6) is 17.2 Å². The Morgan fingerprint density at radius 3 is 2.53 bits per heavy atom. The molecule has 1 atom stereocenters. The van der Waals surface area contributed by atoms with Gasteiger partial charge in [0.05, 0.1) is 40.0 Å². The number of thiazole rings is 1. The van der Waals surface area contributed by atoms with Crippen molar-refractivity contribution >= 4 is 50.9 Å². The van der Waals surface area contributed by atoms with Gasteiger partial charge in [-0.15, -0.1) is 0 Å². The molecule has 0 saturated carbocycles. The molecule has 232 valence electrons. The van der Waals surface area contributed by atoms with Crippen LogP contribution in [0.1, 0.15) is 36.6 Å². The normalized spacial score (nSPS) is 14.4. The van der Waals surface area contributed by atoms with Crippen LogP contribution in [-0.2, 0) is 16.1 Å². The highest BCUT2D eigenvalue weighted by Crippen LogP contribution is 2.37.